The number of hydrogen-bond acceptors (Lipinski definition) is 1. The van der Waals surface area contributed by atoms with E-state index < -0.39 is 0 Å². The van der Waals surface area contributed by atoms with Crippen LogP contribution in [0.4, 0.5) is 5.69 Å². The summed E-state index contributed by atoms with van der Waals surface area (Å²) < 4.78 is 0. The first kappa shape index (κ1) is 17.7. The number of halogens is 1. The summed E-state index contributed by atoms with van der Waals surface area (Å²) in [5, 5.41) is 11.7. The molecule has 3 aromatic rings. The van der Waals surface area contributed by atoms with Crippen molar-refractivity contribution in [2.24, 2.45) is 0 Å². The third-order valence-electron chi connectivity index (χ3n) is 3.96. The number of hydrogen-bond donors (Lipinski definition) is 2. The van der Waals surface area contributed by atoms with E-state index >= 15 is 0 Å². The van der Waals surface area contributed by atoms with Gasteiger partial charge in [-0.15, -0.1) is 0 Å². The first-order chi connectivity index (χ1) is 12.6. The van der Waals surface area contributed by atoms with E-state index in [4.69, 9.17) is 17.0 Å². The van der Waals surface area contributed by atoms with Crippen molar-refractivity contribution < 1.29 is 0 Å². The lowest BCUT2D eigenvalue weighted by Crippen LogP contribution is -2.06. The molecule has 0 amide bonds. The molecule has 0 saturated heterocycles. The molecule has 3 rings (SSSR count). The predicted octanol–water partition coefficient (Wildman–Crippen LogP) is 6.75. The van der Waals surface area contributed by atoms with Crippen LogP contribution in [-0.2, 0) is 0 Å². The fraction of sp³-hybridized carbons (Fsp3) is 0. The molecule has 0 aromatic heterocycles. The average molecular weight is 359 g/mol. The molecule has 26 heavy (non-hydrogen) atoms. The zero-order valence-electron chi connectivity index (χ0n) is 14.2. The maximum absolute atomic E-state index is 8.01. The molecule has 2 nitrogen and oxygen atoms in total. The Hall–Kier alpha value is -3.10. The molecule has 0 unspecified atom stereocenters. The van der Waals surface area contributed by atoms with Crippen molar-refractivity contribution in [3.63, 3.8) is 0 Å². The van der Waals surface area contributed by atoms with Crippen LogP contribution in [0.25, 0.3) is 23.3 Å². The molecule has 0 heterocycles. The molecule has 0 aliphatic heterocycles. The molecule has 3 aromatic carbocycles. The van der Waals surface area contributed by atoms with Gasteiger partial charge >= 0.3 is 0 Å². The molecule has 3 heteroatoms. The van der Waals surface area contributed by atoms with E-state index in [1.807, 2.05) is 36.4 Å². The zero-order valence-corrected chi connectivity index (χ0v) is 15.0. The van der Waals surface area contributed by atoms with Gasteiger partial charge in [0.25, 0.3) is 0 Å². The van der Waals surface area contributed by atoms with Crippen LogP contribution in [0.3, 0.4) is 0 Å². The highest BCUT2D eigenvalue weighted by atomic mass is 35.5. The molecule has 0 spiro atoms. The van der Waals surface area contributed by atoms with E-state index in [9.17, 15) is 0 Å². The summed E-state index contributed by atoms with van der Waals surface area (Å²) in [4.78, 5) is 0. The minimum absolute atomic E-state index is 0.316. The second-order valence-corrected chi connectivity index (χ2v) is 6.26. The van der Waals surface area contributed by atoms with Gasteiger partial charge in [0.1, 0.15) is 5.84 Å². The van der Waals surface area contributed by atoms with Gasteiger partial charge in [0.2, 0.25) is 0 Å². The first-order valence-electron chi connectivity index (χ1n) is 8.26. The van der Waals surface area contributed by atoms with E-state index in [0.717, 1.165) is 22.4 Å². The van der Waals surface area contributed by atoms with Gasteiger partial charge in [-0.25, -0.2) is 0 Å². The Labute approximate surface area is 159 Å². The number of benzene rings is 3. The van der Waals surface area contributed by atoms with Crippen molar-refractivity contribution in [2.45, 2.75) is 0 Å². The van der Waals surface area contributed by atoms with Crippen molar-refractivity contribution in [3.8, 4) is 11.1 Å². The van der Waals surface area contributed by atoms with Crippen LogP contribution in [0.1, 0.15) is 11.1 Å². The minimum Gasteiger partial charge on any atom is -0.341 e. The SMILES string of the molecule is C=Cc1ccc(-c2ccc(/C=C/C(=N)Nc3ccc(Cl)cc3)cc2)cc1. The Balaban J connectivity index is 1.64. The molecule has 0 aliphatic rings. The van der Waals surface area contributed by atoms with Gasteiger partial charge in [-0.1, -0.05) is 78.9 Å². The van der Waals surface area contributed by atoms with Gasteiger partial charge in [-0.05, 0) is 52.6 Å². The molecule has 0 saturated carbocycles. The van der Waals surface area contributed by atoms with Crippen LogP contribution in [0.5, 0.6) is 0 Å². The summed E-state index contributed by atoms with van der Waals surface area (Å²) in [5.41, 5.74) is 5.32. The van der Waals surface area contributed by atoms with Crippen LogP contribution >= 0.6 is 11.6 Å². The van der Waals surface area contributed by atoms with Crippen molar-refractivity contribution in [3.05, 3.63) is 102 Å². The van der Waals surface area contributed by atoms with Gasteiger partial charge in [0, 0.05) is 10.7 Å². The number of rotatable bonds is 5. The fourth-order valence-electron chi connectivity index (χ4n) is 2.51. The molecule has 128 valence electrons. The molecule has 0 atom stereocenters. The molecule has 2 N–H and O–H groups in total. The quantitative estimate of drug-likeness (QED) is 0.384. The van der Waals surface area contributed by atoms with Gasteiger partial charge in [-0.3, -0.25) is 5.41 Å². The summed E-state index contributed by atoms with van der Waals surface area (Å²) in [6, 6.07) is 23.8. The lowest BCUT2D eigenvalue weighted by atomic mass is 10.0. The maximum Gasteiger partial charge on any atom is 0.122 e. The lowest BCUT2D eigenvalue weighted by Gasteiger charge is -2.05. The van der Waals surface area contributed by atoms with E-state index in [1.54, 1.807) is 18.2 Å². The summed E-state index contributed by atoms with van der Waals surface area (Å²) in [6.07, 6.45) is 5.49. The van der Waals surface area contributed by atoms with Crippen LogP contribution in [-0.4, -0.2) is 5.84 Å². The molecule has 0 radical (unpaired) electrons. The molecular weight excluding hydrogens is 340 g/mol. The molecular formula is C23H19ClN2. The summed E-state index contributed by atoms with van der Waals surface area (Å²) >= 11 is 5.86. The second-order valence-electron chi connectivity index (χ2n) is 5.83. The number of nitrogens with one attached hydrogen (secondary N) is 2. The fourth-order valence-corrected chi connectivity index (χ4v) is 2.63. The van der Waals surface area contributed by atoms with Crippen molar-refractivity contribution >= 4 is 35.3 Å². The van der Waals surface area contributed by atoms with Gasteiger partial charge in [0.15, 0.2) is 0 Å². The third kappa shape index (κ3) is 4.71. The van der Waals surface area contributed by atoms with E-state index in [1.165, 1.54) is 5.56 Å². The van der Waals surface area contributed by atoms with Crippen molar-refractivity contribution in [2.75, 3.05) is 5.32 Å². The monoisotopic (exact) mass is 358 g/mol. The summed E-state index contributed by atoms with van der Waals surface area (Å²) in [7, 11) is 0. The van der Waals surface area contributed by atoms with Gasteiger partial charge in [-0.2, -0.15) is 0 Å². The summed E-state index contributed by atoms with van der Waals surface area (Å²) in [6.45, 7) is 3.77. The Morgan fingerprint density at radius 1 is 0.808 bits per heavy atom. The van der Waals surface area contributed by atoms with E-state index in [0.29, 0.717) is 10.9 Å². The zero-order chi connectivity index (χ0) is 18.4. The second kappa shape index (κ2) is 8.32. The van der Waals surface area contributed by atoms with Crippen molar-refractivity contribution in [1.29, 1.82) is 5.41 Å². The Kier molecular flexibility index (Phi) is 5.67. The predicted molar refractivity (Wildman–Crippen MR) is 114 cm³/mol. The molecule has 0 bridgehead atoms. The van der Waals surface area contributed by atoms with Gasteiger partial charge < -0.3 is 5.32 Å². The maximum atomic E-state index is 8.01. The summed E-state index contributed by atoms with van der Waals surface area (Å²) in [5.74, 6) is 0.316. The number of amidine groups is 1. The Bertz CT molecular complexity index is 921. The van der Waals surface area contributed by atoms with Gasteiger partial charge in [0.05, 0.1) is 0 Å². The largest absolute Gasteiger partial charge is 0.341 e. The topological polar surface area (TPSA) is 35.9 Å². The Morgan fingerprint density at radius 2 is 1.35 bits per heavy atom. The van der Waals surface area contributed by atoms with Crippen molar-refractivity contribution in [1.82, 2.24) is 0 Å². The minimum atomic E-state index is 0.316. The lowest BCUT2D eigenvalue weighted by molar-refractivity contribution is 1.48. The highest BCUT2D eigenvalue weighted by Gasteiger charge is 1.98. The van der Waals surface area contributed by atoms with Crippen LogP contribution in [0.15, 0.2) is 85.5 Å². The average Bonchev–Trinajstić information content (AvgIpc) is 2.69. The van der Waals surface area contributed by atoms with E-state index in [-0.39, 0.29) is 0 Å². The van der Waals surface area contributed by atoms with E-state index in [2.05, 4.69) is 48.3 Å². The molecule has 0 fully saturated rings. The highest BCUT2D eigenvalue weighted by molar-refractivity contribution is 6.30. The standard InChI is InChI=1S/C23H19ClN2/c1-2-17-3-8-19(9-4-17)20-10-5-18(6-11-20)7-16-23(25)26-22-14-12-21(24)13-15-22/h2-16H,1H2,(H2,25,26)/b16-7+. The van der Waals surface area contributed by atoms with Crippen LogP contribution in [0.2, 0.25) is 5.02 Å². The van der Waals surface area contributed by atoms with Crippen LogP contribution < -0.4 is 5.32 Å². The van der Waals surface area contributed by atoms with Crippen LogP contribution in [0, 0.1) is 5.41 Å². The number of anilines is 1. The smallest absolute Gasteiger partial charge is 0.122 e. The first-order valence-corrected chi connectivity index (χ1v) is 8.64. The third-order valence-corrected chi connectivity index (χ3v) is 4.21. The highest BCUT2D eigenvalue weighted by Crippen LogP contribution is 2.21. The molecule has 0 aliphatic carbocycles. The Morgan fingerprint density at radius 3 is 1.88 bits per heavy atom. The normalized spacial score (nSPS) is 10.7.